The quantitative estimate of drug-likeness (QED) is 0.679. The molecule has 0 saturated heterocycles. The van der Waals surface area contributed by atoms with Gasteiger partial charge in [-0.1, -0.05) is 18.2 Å². The maximum Gasteiger partial charge on any atom is 0.178 e. The summed E-state index contributed by atoms with van der Waals surface area (Å²) in [5.41, 5.74) is 0.671. The van der Waals surface area contributed by atoms with Crippen LogP contribution >= 0.6 is 11.6 Å². The van der Waals surface area contributed by atoms with Crippen LogP contribution in [0.3, 0.4) is 0 Å². The van der Waals surface area contributed by atoms with Gasteiger partial charge in [-0.2, -0.15) is 0 Å². The molecular weight excluding hydrogens is 162 g/mol. The molecule has 0 spiro atoms. The molecule has 0 aliphatic carbocycles. The lowest BCUT2D eigenvalue weighted by Gasteiger charge is -1.91. The van der Waals surface area contributed by atoms with Crippen LogP contribution in [0.25, 0.3) is 5.03 Å². The molecule has 0 saturated carbocycles. The van der Waals surface area contributed by atoms with Crippen molar-refractivity contribution in [3.63, 3.8) is 0 Å². The Labute approximate surface area is 69.8 Å². The molecule has 0 amide bonds. The Morgan fingerprint density at radius 3 is 3.18 bits per heavy atom. The van der Waals surface area contributed by atoms with Crippen LogP contribution in [0.4, 0.5) is 5.82 Å². The summed E-state index contributed by atoms with van der Waals surface area (Å²) in [5.74, 6) is 0.576. The minimum Gasteiger partial charge on any atom is -0.342 e. The van der Waals surface area contributed by atoms with Crippen molar-refractivity contribution >= 4 is 28.7 Å². The highest BCUT2D eigenvalue weighted by Gasteiger charge is 2.03. The molecular formula is C7H8ClN3. The summed E-state index contributed by atoms with van der Waals surface area (Å²) < 4.78 is 0. The third kappa shape index (κ3) is 1.68. The maximum atomic E-state index is 5.65. The SMILES string of the molecule is C=C(Cl)c1[nH]cnc1N=CC. The van der Waals surface area contributed by atoms with Crippen LogP contribution in [0, 0.1) is 0 Å². The van der Waals surface area contributed by atoms with E-state index in [1.165, 1.54) is 6.33 Å². The fourth-order valence-corrected chi connectivity index (χ4v) is 0.846. The van der Waals surface area contributed by atoms with Gasteiger partial charge in [0.25, 0.3) is 0 Å². The number of aliphatic imine (C=N–C) groups is 1. The number of aromatic amines is 1. The Morgan fingerprint density at radius 2 is 2.64 bits per heavy atom. The molecule has 1 heterocycles. The van der Waals surface area contributed by atoms with E-state index in [9.17, 15) is 0 Å². The summed E-state index contributed by atoms with van der Waals surface area (Å²) in [7, 11) is 0. The van der Waals surface area contributed by atoms with Crippen molar-refractivity contribution in [3.8, 4) is 0 Å². The fraction of sp³-hybridized carbons (Fsp3) is 0.143. The van der Waals surface area contributed by atoms with Crippen LogP contribution in [-0.2, 0) is 0 Å². The van der Waals surface area contributed by atoms with Gasteiger partial charge in [-0.05, 0) is 6.92 Å². The summed E-state index contributed by atoms with van der Waals surface area (Å²) in [6.07, 6.45) is 3.19. The molecule has 1 rings (SSSR count). The molecule has 0 atom stereocenters. The van der Waals surface area contributed by atoms with Crippen molar-refractivity contribution in [1.29, 1.82) is 0 Å². The molecule has 1 aromatic rings. The number of nitrogens with zero attached hydrogens (tertiary/aromatic N) is 2. The molecule has 1 N–H and O–H groups in total. The van der Waals surface area contributed by atoms with Crippen LogP contribution < -0.4 is 0 Å². The molecule has 3 nitrogen and oxygen atoms in total. The van der Waals surface area contributed by atoms with Crippen molar-refractivity contribution in [2.75, 3.05) is 0 Å². The molecule has 11 heavy (non-hydrogen) atoms. The minimum atomic E-state index is 0.420. The van der Waals surface area contributed by atoms with E-state index in [1.54, 1.807) is 6.21 Å². The van der Waals surface area contributed by atoms with Crippen molar-refractivity contribution in [2.24, 2.45) is 4.99 Å². The molecule has 4 heteroatoms. The third-order valence-corrected chi connectivity index (χ3v) is 1.33. The van der Waals surface area contributed by atoms with Crippen molar-refractivity contribution in [3.05, 3.63) is 18.6 Å². The Kier molecular flexibility index (Phi) is 2.44. The highest BCUT2D eigenvalue weighted by atomic mass is 35.5. The summed E-state index contributed by atoms with van der Waals surface area (Å²) >= 11 is 5.65. The molecule has 0 unspecified atom stereocenters. The number of rotatable bonds is 2. The number of H-pyrrole nitrogens is 1. The van der Waals surface area contributed by atoms with E-state index < -0.39 is 0 Å². The zero-order valence-corrected chi connectivity index (χ0v) is 6.89. The number of hydrogen-bond acceptors (Lipinski definition) is 2. The van der Waals surface area contributed by atoms with Crippen LogP contribution in [0.2, 0.25) is 0 Å². The molecule has 0 fully saturated rings. The highest BCUT2D eigenvalue weighted by molar-refractivity contribution is 6.48. The van der Waals surface area contributed by atoms with Crippen molar-refractivity contribution in [2.45, 2.75) is 6.92 Å². The van der Waals surface area contributed by atoms with Crippen molar-refractivity contribution in [1.82, 2.24) is 9.97 Å². The maximum absolute atomic E-state index is 5.65. The second-order valence-electron chi connectivity index (χ2n) is 1.89. The van der Waals surface area contributed by atoms with E-state index in [4.69, 9.17) is 11.6 Å². The number of nitrogens with one attached hydrogen (secondary N) is 1. The van der Waals surface area contributed by atoms with Gasteiger partial charge < -0.3 is 4.98 Å². The highest BCUT2D eigenvalue weighted by Crippen LogP contribution is 2.22. The van der Waals surface area contributed by atoms with E-state index in [1.807, 2.05) is 6.92 Å². The number of imidazole rings is 1. The lowest BCUT2D eigenvalue weighted by molar-refractivity contribution is 1.30. The predicted octanol–water partition coefficient (Wildman–Crippen LogP) is 2.34. The zero-order chi connectivity index (χ0) is 8.27. The molecule has 0 bridgehead atoms. The molecule has 0 aromatic carbocycles. The van der Waals surface area contributed by atoms with Crippen LogP contribution in [-0.4, -0.2) is 16.2 Å². The third-order valence-electron chi connectivity index (χ3n) is 1.14. The summed E-state index contributed by atoms with van der Waals surface area (Å²) in [5, 5.41) is 0.420. The average molecular weight is 170 g/mol. The molecule has 0 radical (unpaired) electrons. The lowest BCUT2D eigenvalue weighted by atomic mass is 10.4. The topological polar surface area (TPSA) is 41.0 Å². The molecule has 0 aliphatic rings. The van der Waals surface area contributed by atoms with E-state index in [0.29, 0.717) is 16.5 Å². The monoisotopic (exact) mass is 169 g/mol. The van der Waals surface area contributed by atoms with Gasteiger partial charge in [0.05, 0.1) is 11.4 Å². The van der Waals surface area contributed by atoms with Gasteiger partial charge in [-0.25, -0.2) is 9.98 Å². The minimum absolute atomic E-state index is 0.420. The van der Waals surface area contributed by atoms with Crippen molar-refractivity contribution < 1.29 is 0 Å². The Morgan fingerprint density at radius 1 is 1.91 bits per heavy atom. The summed E-state index contributed by atoms with van der Waals surface area (Å²) in [4.78, 5) is 10.7. The lowest BCUT2D eigenvalue weighted by Crippen LogP contribution is -1.74. The number of hydrogen-bond donors (Lipinski definition) is 1. The second kappa shape index (κ2) is 3.34. The van der Waals surface area contributed by atoms with E-state index in [-0.39, 0.29) is 0 Å². The molecule has 58 valence electrons. The Bertz CT molecular complexity index is 288. The van der Waals surface area contributed by atoms with E-state index in [2.05, 4.69) is 21.5 Å². The van der Waals surface area contributed by atoms with Gasteiger partial charge in [0, 0.05) is 6.21 Å². The Hall–Kier alpha value is -1.09. The molecule has 1 aromatic heterocycles. The van der Waals surface area contributed by atoms with Crippen LogP contribution in [0.5, 0.6) is 0 Å². The fourth-order valence-electron chi connectivity index (χ4n) is 0.707. The van der Waals surface area contributed by atoms with E-state index >= 15 is 0 Å². The van der Waals surface area contributed by atoms with Gasteiger partial charge in [-0.15, -0.1) is 0 Å². The van der Waals surface area contributed by atoms with Gasteiger partial charge in [0.15, 0.2) is 5.82 Å². The van der Waals surface area contributed by atoms with Crippen LogP contribution in [0.1, 0.15) is 12.6 Å². The zero-order valence-electron chi connectivity index (χ0n) is 6.13. The van der Waals surface area contributed by atoms with E-state index in [0.717, 1.165) is 0 Å². The standard InChI is InChI=1S/C7H8ClN3/c1-3-9-7-6(5(2)8)10-4-11-7/h3-4H,2H2,1H3,(H,10,11). The average Bonchev–Trinajstić information content (AvgIpc) is 2.36. The smallest absolute Gasteiger partial charge is 0.178 e. The number of halogens is 1. The number of aromatic nitrogens is 2. The summed E-state index contributed by atoms with van der Waals surface area (Å²) in [6, 6.07) is 0. The largest absolute Gasteiger partial charge is 0.342 e. The molecule has 0 aliphatic heterocycles. The van der Waals surface area contributed by atoms with Gasteiger partial charge >= 0.3 is 0 Å². The first-order valence-electron chi connectivity index (χ1n) is 3.12. The van der Waals surface area contributed by atoms with Gasteiger partial charge in [-0.3, -0.25) is 0 Å². The second-order valence-corrected chi connectivity index (χ2v) is 2.35. The van der Waals surface area contributed by atoms with Gasteiger partial charge in [0.2, 0.25) is 0 Å². The first kappa shape index (κ1) is 8.01. The Balaban J connectivity index is 3.05. The predicted molar refractivity (Wildman–Crippen MR) is 47.3 cm³/mol. The normalized spacial score (nSPS) is 10.7. The first-order chi connectivity index (χ1) is 5.25. The summed E-state index contributed by atoms with van der Waals surface area (Å²) in [6.45, 7) is 5.38. The van der Waals surface area contributed by atoms with Gasteiger partial charge in [0.1, 0.15) is 5.69 Å². The first-order valence-corrected chi connectivity index (χ1v) is 3.50. The van der Waals surface area contributed by atoms with Crippen LogP contribution in [0.15, 0.2) is 17.9 Å².